The van der Waals surface area contributed by atoms with Crippen molar-refractivity contribution in [1.82, 2.24) is 0 Å². The zero-order valence-corrected chi connectivity index (χ0v) is 11.3. The van der Waals surface area contributed by atoms with Crippen LogP contribution in [0, 0.1) is 13.8 Å². The van der Waals surface area contributed by atoms with Crippen molar-refractivity contribution < 1.29 is 13.9 Å². The highest BCUT2D eigenvalue weighted by atomic mass is 16.4. The first-order valence-electron chi connectivity index (χ1n) is 6.38. The van der Waals surface area contributed by atoms with E-state index >= 15 is 0 Å². The summed E-state index contributed by atoms with van der Waals surface area (Å²) in [6.45, 7) is 6.29. The SMILES string of the molecule is Cc1cc2c(C(C)CN)c3oc(C)cc3c(O)c2o1. The van der Waals surface area contributed by atoms with E-state index in [4.69, 9.17) is 14.6 Å². The molecule has 3 N–H and O–H groups in total. The third-order valence-electron chi connectivity index (χ3n) is 3.56. The van der Waals surface area contributed by atoms with Gasteiger partial charge in [0.05, 0.1) is 5.39 Å². The highest BCUT2D eigenvalue weighted by Crippen LogP contribution is 2.43. The van der Waals surface area contributed by atoms with Crippen LogP contribution < -0.4 is 5.73 Å². The lowest BCUT2D eigenvalue weighted by molar-refractivity contribution is 0.466. The van der Waals surface area contributed by atoms with Gasteiger partial charge in [-0.15, -0.1) is 0 Å². The molecule has 3 rings (SSSR count). The van der Waals surface area contributed by atoms with E-state index in [0.29, 0.717) is 23.1 Å². The van der Waals surface area contributed by atoms with Crippen LogP contribution in [0.2, 0.25) is 0 Å². The summed E-state index contributed by atoms with van der Waals surface area (Å²) < 4.78 is 11.4. The van der Waals surface area contributed by atoms with E-state index in [9.17, 15) is 5.11 Å². The smallest absolute Gasteiger partial charge is 0.177 e. The van der Waals surface area contributed by atoms with Crippen molar-refractivity contribution in [2.24, 2.45) is 5.73 Å². The van der Waals surface area contributed by atoms with Crippen molar-refractivity contribution in [1.29, 1.82) is 0 Å². The summed E-state index contributed by atoms with van der Waals surface area (Å²) in [6.07, 6.45) is 0. The first-order chi connectivity index (χ1) is 9.02. The van der Waals surface area contributed by atoms with Crippen LogP contribution in [-0.2, 0) is 0 Å². The molecular formula is C15H17NO3. The first-order valence-corrected chi connectivity index (χ1v) is 6.38. The van der Waals surface area contributed by atoms with Crippen LogP contribution in [0.25, 0.3) is 21.9 Å². The molecule has 1 unspecified atom stereocenters. The zero-order valence-electron chi connectivity index (χ0n) is 11.3. The summed E-state index contributed by atoms with van der Waals surface area (Å²) >= 11 is 0. The lowest BCUT2D eigenvalue weighted by Crippen LogP contribution is -2.09. The molecule has 0 aliphatic rings. The number of aromatic hydroxyl groups is 1. The third-order valence-corrected chi connectivity index (χ3v) is 3.56. The second kappa shape index (κ2) is 4.03. The van der Waals surface area contributed by atoms with Crippen LogP contribution in [0.1, 0.15) is 29.9 Å². The molecule has 19 heavy (non-hydrogen) atoms. The largest absolute Gasteiger partial charge is 0.504 e. The highest BCUT2D eigenvalue weighted by Gasteiger charge is 2.22. The maximum Gasteiger partial charge on any atom is 0.177 e. The van der Waals surface area contributed by atoms with Gasteiger partial charge in [0.25, 0.3) is 0 Å². The van der Waals surface area contributed by atoms with E-state index in [1.54, 1.807) is 0 Å². The normalized spacial score (nSPS) is 13.5. The Kier molecular flexibility index (Phi) is 2.57. The van der Waals surface area contributed by atoms with Gasteiger partial charge in [0, 0.05) is 10.9 Å². The highest BCUT2D eigenvalue weighted by molar-refractivity contribution is 6.04. The molecule has 3 aromatic rings. The number of phenols is 1. The van der Waals surface area contributed by atoms with E-state index in [1.807, 2.05) is 32.9 Å². The molecule has 0 spiro atoms. The van der Waals surface area contributed by atoms with Crippen LogP contribution >= 0.6 is 0 Å². The van der Waals surface area contributed by atoms with Gasteiger partial charge in [0.1, 0.15) is 17.1 Å². The molecule has 0 saturated carbocycles. The van der Waals surface area contributed by atoms with Crippen molar-refractivity contribution in [2.45, 2.75) is 26.7 Å². The lowest BCUT2D eigenvalue weighted by atomic mass is 9.95. The number of fused-ring (bicyclic) bond motifs is 2. The van der Waals surface area contributed by atoms with Gasteiger partial charge < -0.3 is 19.7 Å². The molecule has 0 fully saturated rings. The second-order valence-corrected chi connectivity index (χ2v) is 5.10. The van der Waals surface area contributed by atoms with Crippen molar-refractivity contribution >= 4 is 21.9 Å². The van der Waals surface area contributed by atoms with Crippen molar-refractivity contribution in [3.05, 3.63) is 29.2 Å². The number of rotatable bonds is 2. The summed E-state index contributed by atoms with van der Waals surface area (Å²) in [7, 11) is 0. The Balaban J connectivity index is 2.54. The predicted octanol–water partition coefficient (Wildman–Crippen LogP) is 3.56. The molecule has 4 nitrogen and oxygen atoms in total. The summed E-state index contributed by atoms with van der Waals surface area (Å²) in [5.74, 6) is 1.80. The van der Waals surface area contributed by atoms with Gasteiger partial charge in [0.2, 0.25) is 0 Å². The van der Waals surface area contributed by atoms with Crippen LogP contribution in [0.15, 0.2) is 21.0 Å². The Morgan fingerprint density at radius 1 is 1.11 bits per heavy atom. The zero-order chi connectivity index (χ0) is 13.7. The number of nitrogens with two attached hydrogens (primary N) is 1. The molecule has 0 aliphatic heterocycles. The Labute approximate surface area is 110 Å². The lowest BCUT2D eigenvalue weighted by Gasteiger charge is -2.11. The molecule has 0 radical (unpaired) electrons. The Hall–Kier alpha value is -1.94. The summed E-state index contributed by atoms with van der Waals surface area (Å²) in [5, 5.41) is 11.9. The van der Waals surface area contributed by atoms with Crippen LogP contribution in [0.3, 0.4) is 0 Å². The van der Waals surface area contributed by atoms with E-state index in [-0.39, 0.29) is 11.7 Å². The van der Waals surface area contributed by atoms with Gasteiger partial charge in [-0.25, -0.2) is 0 Å². The van der Waals surface area contributed by atoms with Crippen LogP contribution in [0.5, 0.6) is 5.75 Å². The molecule has 0 saturated heterocycles. The van der Waals surface area contributed by atoms with E-state index < -0.39 is 0 Å². The van der Waals surface area contributed by atoms with Gasteiger partial charge in [-0.05, 0) is 38.4 Å². The number of furan rings is 2. The second-order valence-electron chi connectivity index (χ2n) is 5.10. The number of aryl methyl sites for hydroxylation is 2. The van der Waals surface area contributed by atoms with Crippen LogP contribution in [0.4, 0.5) is 0 Å². The molecule has 0 aliphatic carbocycles. The fourth-order valence-electron chi connectivity index (χ4n) is 2.63. The van der Waals surface area contributed by atoms with Crippen molar-refractivity contribution in [3.63, 3.8) is 0 Å². The average Bonchev–Trinajstić information content (AvgIpc) is 2.92. The van der Waals surface area contributed by atoms with E-state index in [0.717, 1.165) is 22.5 Å². The summed E-state index contributed by atoms with van der Waals surface area (Å²) in [4.78, 5) is 0. The molecule has 2 heterocycles. The van der Waals surface area contributed by atoms with E-state index in [2.05, 4.69) is 0 Å². The van der Waals surface area contributed by atoms with Gasteiger partial charge in [-0.2, -0.15) is 0 Å². The van der Waals surface area contributed by atoms with Crippen LogP contribution in [-0.4, -0.2) is 11.7 Å². The number of hydrogen-bond donors (Lipinski definition) is 2. The minimum absolute atomic E-state index is 0.133. The van der Waals surface area contributed by atoms with Gasteiger partial charge in [0.15, 0.2) is 11.3 Å². The molecular weight excluding hydrogens is 242 g/mol. The molecule has 2 aromatic heterocycles. The number of hydrogen-bond acceptors (Lipinski definition) is 4. The standard InChI is InChI=1S/C15H17NO3/c1-7(6-16)12-10-4-8(2)19-15(10)13(17)11-5-9(3)18-14(11)12/h4-5,7,17H,6,16H2,1-3H3. The predicted molar refractivity (Wildman–Crippen MR) is 74.6 cm³/mol. The Bertz CT molecular complexity index is 709. The minimum atomic E-state index is 0.133. The summed E-state index contributed by atoms with van der Waals surface area (Å²) in [5.41, 5.74) is 8.04. The molecule has 100 valence electrons. The molecule has 0 amide bonds. The fourth-order valence-corrected chi connectivity index (χ4v) is 2.63. The maximum atomic E-state index is 10.3. The Morgan fingerprint density at radius 2 is 1.68 bits per heavy atom. The third kappa shape index (κ3) is 1.64. The monoisotopic (exact) mass is 259 g/mol. The van der Waals surface area contributed by atoms with E-state index in [1.165, 1.54) is 0 Å². The van der Waals surface area contributed by atoms with Crippen molar-refractivity contribution in [3.8, 4) is 5.75 Å². The molecule has 1 atom stereocenters. The average molecular weight is 259 g/mol. The maximum absolute atomic E-state index is 10.3. The molecule has 1 aromatic carbocycles. The van der Waals surface area contributed by atoms with Crippen molar-refractivity contribution in [2.75, 3.05) is 6.54 Å². The summed E-state index contributed by atoms with van der Waals surface area (Å²) in [6, 6.07) is 3.75. The topological polar surface area (TPSA) is 72.5 Å². The molecule has 0 bridgehead atoms. The molecule has 4 heteroatoms. The van der Waals surface area contributed by atoms with Gasteiger partial charge in [-0.1, -0.05) is 6.92 Å². The quantitative estimate of drug-likeness (QED) is 0.738. The van der Waals surface area contributed by atoms with Gasteiger partial charge >= 0.3 is 0 Å². The first kappa shape index (κ1) is 12.1. The fraction of sp³-hybridized carbons (Fsp3) is 0.333. The minimum Gasteiger partial charge on any atom is -0.504 e. The number of phenolic OH excluding ortho intramolecular Hbond substituents is 1. The van der Waals surface area contributed by atoms with Gasteiger partial charge in [-0.3, -0.25) is 0 Å². The number of benzene rings is 1. The Morgan fingerprint density at radius 3 is 2.32 bits per heavy atom.